The second-order valence-electron chi connectivity index (χ2n) is 6.68. The molecule has 0 saturated heterocycles. The zero-order valence-electron chi connectivity index (χ0n) is 14.8. The molecule has 0 saturated carbocycles. The van der Waals surface area contributed by atoms with Crippen LogP contribution >= 0.6 is 11.6 Å². The van der Waals surface area contributed by atoms with E-state index < -0.39 is 0 Å². The standard InChI is InChI=1S/C21H24ClNO2/c1-3-7-21(24)25-20-13-17-16(12-19(20)22)10-11-23(2)14-18(17)15-8-5-4-6-9-15/h4-6,8-9,12-13,18H,3,7,10-11,14H2,1-2H3/t18-/m0/s1. The first-order chi connectivity index (χ1) is 12.1. The Balaban J connectivity index is 2.02. The van der Waals surface area contributed by atoms with Gasteiger partial charge in [-0.1, -0.05) is 48.9 Å². The first-order valence-corrected chi connectivity index (χ1v) is 9.22. The minimum absolute atomic E-state index is 0.230. The van der Waals surface area contributed by atoms with Gasteiger partial charge in [0.25, 0.3) is 0 Å². The third-order valence-corrected chi connectivity index (χ3v) is 5.00. The Labute approximate surface area is 154 Å². The summed E-state index contributed by atoms with van der Waals surface area (Å²) in [6.45, 7) is 3.88. The summed E-state index contributed by atoms with van der Waals surface area (Å²) in [6.07, 6.45) is 2.11. The van der Waals surface area contributed by atoms with Crippen molar-refractivity contribution in [1.82, 2.24) is 4.90 Å². The Kier molecular flexibility index (Phi) is 5.77. The monoisotopic (exact) mass is 357 g/mol. The molecule has 3 rings (SSSR count). The van der Waals surface area contributed by atoms with E-state index in [0.29, 0.717) is 17.2 Å². The van der Waals surface area contributed by atoms with Gasteiger partial charge in [-0.2, -0.15) is 0 Å². The maximum Gasteiger partial charge on any atom is 0.311 e. The summed E-state index contributed by atoms with van der Waals surface area (Å²) in [7, 11) is 2.14. The van der Waals surface area contributed by atoms with Crippen LogP contribution in [0.15, 0.2) is 42.5 Å². The quantitative estimate of drug-likeness (QED) is 0.588. The van der Waals surface area contributed by atoms with Gasteiger partial charge >= 0.3 is 5.97 Å². The van der Waals surface area contributed by atoms with Crippen LogP contribution in [0.3, 0.4) is 0 Å². The molecule has 3 nitrogen and oxygen atoms in total. The molecule has 0 aromatic heterocycles. The number of hydrogen-bond donors (Lipinski definition) is 0. The van der Waals surface area contributed by atoms with E-state index in [1.807, 2.05) is 25.1 Å². The molecule has 0 radical (unpaired) electrons. The summed E-state index contributed by atoms with van der Waals surface area (Å²) in [4.78, 5) is 14.3. The topological polar surface area (TPSA) is 29.5 Å². The molecule has 0 spiro atoms. The molecule has 0 N–H and O–H groups in total. The van der Waals surface area contributed by atoms with Gasteiger partial charge in [0.2, 0.25) is 0 Å². The third kappa shape index (κ3) is 4.23. The molecule has 0 aliphatic carbocycles. The maximum atomic E-state index is 11.9. The van der Waals surface area contributed by atoms with Crippen molar-refractivity contribution in [3.63, 3.8) is 0 Å². The zero-order valence-corrected chi connectivity index (χ0v) is 15.6. The van der Waals surface area contributed by atoms with E-state index >= 15 is 0 Å². The highest BCUT2D eigenvalue weighted by atomic mass is 35.5. The Morgan fingerprint density at radius 3 is 2.76 bits per heavy atom. The van der Waals surface area contributed by atoms with Gasteiger partial charge in [0.05, 0.1) is 5.02 Å². The fourth-order valence-electron chi connectivity index (χ4n) is 3.39. The summed E-state index contributed by atoms with van der Waals surface area (Å²) < 4.78 is 5.52. The van der Waals surface area contributed by atoms with Crippen molar-refractivity contribution in [3.8, 4) is 5.75 Å². The molecule has 0 amide bonds. The van der Waals surface area contributed by atoms with E-state index in [9.17, 15) is 4.79 Å². The Morgan fingerprint density at radius 2 is 2.04 bits per heavy atom. The predicted molar refractivity (Wildman–Crippen MR) is 101 cm³/mol. The normalized spacial score (nSPS) is 17.6. The first kappa shape index (κ1) is 18.0. The lowest BCUT2D eigenvalue weighted by Crippen LogP contribution is -2.24. The summed E-state index contributed by atoms with van der Waals surface area (Å²) in [5.41, 5.74) is 3.71. The minimum atomic E-state index is -0.230. The van der Waals surface area contributed by atoms with Crippen LogP contribution in [0.1, 0.15) is 42.4 Å². The van der Waals surface area contributed by atoms with Crippen LogP contribution in [0, 0.1) is 0 Å². The number of esters is 1. The van der Waals surface area contributed by atoms with Crippen molar-refractivity contribution in [3.05, 3.63) is 64.2 Å². The third-order valence-electron chi connectivity index (χ3n) is 4.71. The molecule has 1 aliphatic rings. The number of rotatable bonds is 4. The molecule has 2 aromatic rings. The van der Waals surface area contributed by atoms with Crippen molar-refractivity contribution in [2.24, 2.45) is 0 Å². The molecule has 1 atom stereocenters. The molecule has 132 valence electrons. The van der Waals surface area contributed by atoms with Gasteiger partial charge in [-0.3, -0.25) is 4.79 Å². The highest BCUT2D eigenvalue weighted by Gasteiger charge is 2.25. The van der Waals surface area contributed by atoms with Crippen LogP contribution in [-0.2, 0) is 11.2 Å². The van der Waals surface area contributed by atoms with E-state index in [0.717, 1.165) is 25.9 Å². The minimum Gasteiger partial charge on any atom is -0.425 e. The number of likely N-dealkylation sites (N-methyl/N-ethyl adjacent to an activating group) is 1. The number of ether oxygens (including phenoxy) is 1. The van der Waals surface area contributed by atoms with E-state index in [2.05, 4.69) is 36.2 Å². The molecule has 25 heavy (non-hydrogen) atoms. The van der Waals surface area contributed by atoms with Gasteiger partial charge in [0.1, 0.15) is 5.75 Å². The van der Waals surface area contributed by atoms with Crippen molar-refractivity contribution < 1.29 is 9.53 Å². The molecule has 1 aliphatic heterocycles. The Bertz CT molecular complexity index is 745. The van der Waals surface area contributed by atoms with Crippen LogP contribution in [0.25, 0.3) is 0 Å². The van der Waals surface area contributed by atoms with Crippen LogP contribution in [-0.4, -0.2) is 31.0 Å². The Hall–Kier alpha value is -1.84. The molecule has 2 aromatic carbocycles. The van der Waals surface area contributed by atoms with Gasteiger partial charge in [-0.15, -0.1) is 0 Å². The molecule has 0 unspecified atom stereocenters. The van der Waals surface area contributed by atoms with Crippen LogP contribution in [0.5, 0.6) is 5.75 Å². The number of fused-ring (bicyclic) bond motifs is 1. The number of hydrogen-bond acceptors (Lipinski definition) is 3. The smallest absolute Gasteiger partial charge is 0.311 e. The summed E-state index contributed by atoms with van der Waals surface area (Å²) in [5, 5.41) is 0.513. The van der Waals surface area contributed by atoms with Crippen molar-refractivity contribution in [2.75, 3.05) is 20.1 Å². The maximum absolute atomic E-state index is 11.9. The van der Waals surface area contributed by atoms with E-state index in [1.54, 1.807) is 0 Å². The molecule has 1 heterocycles. The lowest BCUT2D eigenvalue weighted by molar-refractivity contribution is -0.134. The Morgan fingerprint density at radius 1 is 1.28 bits per heavy atom. The van der Waals surface area contributed by atoms with Crippen LogP contribution < -0.4 is 4.74 Å². The second-order valence-corrected chi connectivity index (χ2v) is 7.09. The number of carbonyl (C=O) groups is 1. The number of halogens is 1. The predicted octanol–water partition coefficient (Wildman–Crippen LogP) is 4.67. The van der Waals surface area contributed by atoms with E-state index in [4.69, 9.17) is 16.3 Å². The fraction of sp³-hybridized carbons (Fsp3) is 0.381. The number of carbonyl (C=O) groups excluding carboxylic acids is 1. The summed E-state index contributed by atoms with van der Waals surface area (Å²) in [5.74, 6) is 0.486. The van der Waals surface area contributed by atoms with Gasteiger partial charge in [-0.05, 0) is 48.7 Å². The van der Waals surface area contributed by atoms with Gasteiger partial charge in [0, 0.05) is 25.4 Å². The van der Waals surface area contributed by atoms with E-state index in [1.165, 1.54) is 16.7 Å². The average molecular weight is 358 g/mol. The molecule has 0 bridgehead atoms. The zero-order chi connectivity index (χ0) is 17.8. The lowest BCUT2D eigenvalue weighted by atomic mass is 9.88. The first-order valence-electron chi connectivity index (χ1n) is 8.85. The molecule has 4 heteroatoms. The second kappa shape index (κ2) is 8.03. The molecular formula is C21H24ClNO2. The van der Waals surface area contributed by atoms with Crippen molar-refractivity contribution in [1.29, 1.82) is 0 Å². The lowest BCUT2D eigenvalue weighted by Gasteiger charge is -2.22. The largest absolute Gasteiger partial charge is 0.425 e. The van der Waals surface area contributed by atoms with Gasteiger partial charge < -0.3 is 9.64 Å². The van der Waals surface area contributed by atoms with Gasteiger partial charge in [-0.25, -0.2) is 0 Å². The summed E-state index contributed by atoms with van der Waals surface area (Å²) in [6, 6.07) is 14.4. The van der Waals surface area contributed by atoms with Crippen molar-refractivity contribution in [2.45, 2.75) is 32.1 Å². The molecular weight excluding hydrogens is 334 g/mol. The average Bonchev–Trinajstić information content (AvgIpc) is 2.76. The van der Waals surface area contributed by atoms with Crippen LogP contribution in [0.4, 0.5) is 0 Å². The molecule has 0 fully saturated rings. The SMILES string of the molecule is CCCC(=O)Oc1cc2c(cc1Cl)CCN(C)C[C@H]2c1ccccc1. The fourth-order valence-corrected chi connectivity index (χ4v) is 3.61. The van der Waals surface area contributed by atoms with E-state index in [-0.39, 0.29) is 11.9 Å². The number of nitrogens with zero attached hydrogens (tertiary/aromatic N) is 1. The van der Waals surface area contributed by atoms with Crippen molar-refractivity contribution >= 4 is 17.6 Å². The van der Waals surface area contributed by atoms with Gasteiger partial charge in [0.15, 0.2) is 0 Å². The highest BCUT2D eigenvalue weighted by Crippen LogP contribution is 2.37. The number of benzene rings is 2. The van der Waals surface area contributed by atoms with Crippen LogP contribution in [0.2, 0.25) is 5.02 Å². The summed E-state index contributed by atoms with van der Waals surface area (Å²) >= 11 is 6.40. The highest BCUT2D eigenvalue weighted by molar-refractivity contribution is 6.32.